The average molecular weight is 222 g/mol. The normalized spacial score (nSPS) is 10.3. The predicted molar refractivity (Wildman–Crippen MR) is 64.9 cm³/mol. The number of amides is 2. The summed E-state index contributed by atoms with van der Waals surface area (Å²) in [6.07, 6.45) is 0. The van der Waals surface area contributed by atoms with Gasteiger partial charge in [0.2, 0.25) is 0 Å². The molecule has 0 radical (unpaired) electrons. The number of hydrogen-bond acceptors (Lipinski definition) is 2. The molecule has 0 atom stereocenters. The van der Waals surface area contributed by atoms with Crippen molar-refractivity contribution in [2.45, 2.75) is 19.8 Å². The van der Waals surface area contributed by atoms with Gasteiger partial charge in [0.25, 0.3) is 0 Å². The summed E-state index contributed by atoms with van der Waals surface area (Å²) in [6, 6.07) is 4.97. The van der Waals surface area contributed by atoms with Gasteiger partial charge < -0.3 is 15.3 Å². The second-order valence-corrected chi connectivity index (χ2v) is 4.25. The molecule has 2 N–H and O–H groups in total. The molecule has 1 aromatic carbocycles. The van der Waals surface area contributed by atoms with Gasteiger partial charge in [0.05, 0.1) is 0 Å². The number of benzene rings is 1. The highest BCUT2D eigenvalue weighted by molar-refractivity contribution is 5.89. The summed E-state index contributed by atoms with van der Waals surface area (Å²) >= 11 is 0. The molecule has 1 rings (SSSR count). The third kappa shape index (κ3) is 2.89. The highest BCUT2D eigenvalue weighted by atomic mass is 16.3. The maximum atomic E-state index is 11.4. The van der Waals surface area contributed by atoms with Gasteiger partial charge >= 0.3 is 6.03 Å². The Hall–Kier alpha value is -1.71. The Morgan fingerprint density at radius 2 is 2.00 bits per heavy atom. The van der Waals surface area contributed by atoms with Crippen LogP contribution in [0.25, 0.3) is 0 Å². The zero-order valence-electron chi connectivity index (χ0n) is 10.1. The van der Waals surface area contributed by atoms with Crippen LogP contribution in [0.1, 0.15) is 25.3 Å². The van der Waals surface area contributed by atoms with Crippen LogP contribution in [-0.4, -0.2) is 30.1 Å². The Kier molecular flexibility index (Phi) is 3.77. The van der Waals surface area contributed by atoms with Gasteiger partial charge in [0.15, 0.2) is 0 Å². The van der Waals surface area contributed by atoms with Gasteiger partial charge in [-0.2, -0.15) is 0 Å². The van der Waals surface area contributed by atoms with E-state index in [0.29, 0.717) is 5.69 Å². The SMILES string of the molecule is CC(C)c1ccc(NC(=O)N(C)C)cc1O. The van der Waals surface area contributed by atoms with Crippen molar-refractivity contribution in [2.24, 2.45) is 0 Å². The molecule has 2 amide bonds. The molecule has 0 saturated heterocycles. The largest absolute Gasteiger partial charge is 0.508 e. The van der Waals surface area contributed by atoms with Gasteiger partial charge in [0.1, 0.15) is 5.75 Å². The van der Waals surface area contributed by atoms with Crippen LogP contribution in [0, 0.1) is 0 Å². The van der Waals surface area contributed by atoms with Crippen LogP contribution < -0.4 is 5.32 Å². The first-order valence-corrected chi connectivity index (χ1v) is 5.23. The van der Waals surface area contributed by atoms with Crippen LogP contribution in [0.4, 0.5) is 10.5 Å². The lowest BCUT2D eigenvalue weighted by Crippen LogP contribution is -2.27. The number of anilines is 1. The third-order valence-corrected chi connectivity index (χ3v) is 2.31. The summed E-state index contributed by atoms with van der Waals surface area (Å²) in [7, 11) is 3.33. The molecule has 88 valence electrons. The Morgan fingerprint density at radius 1 is 1.38 bits per heavy atom. The second-order valence-electron chi connectivity index (χ2n) is 4.25. The molecule has 0 aliphatic heterocycles. The molecule has 4 heteroatoms. The fraction of sp³-hybridized carbons (Fsp3) is 0.417. The van der Waals surface area contributed by atoms with E-state index in [0.717, 1.165) is 5.56 Å². The van der Waals surface area contributed by atoms with Crippen LogP contribution in [-0.2, 0) is 0 Å². The summed E-state index contributed by atoms with van der Waals surface area (Å²) < 4.78 is 0. The first kappa shape index (κ1) is 12.4. The van der Waals surface area contributed by atoms with Crippen molar-refractivity contribution in [1.82, 2.24) is 4.90 Å². The molecule has 0 aliphatic rings. The molecule has 0 aliphatic carbocycles. The number of phenols is 1. The molecule has 0 unspecified atom stereocenters. The maximum Gasteiger partial charge on any atom is 0.321 e. The molecule has 0 aromatic heterocycles. The van der Waals surface area contributed by atoms with Crippen LogP contribution in [0.15, 0.2) is 18.2 Å². The van der Waals surface area contributed by atoms with E-state index < -0.39 is 0 Å². The van der Waals surface area contributed by atoms with E-state index in [1.54, 1.807) is 26.2 Å². The number of rotatable bonds is 2. The van der Waals surface area contributed by atoms with Crippen molar-refractivity contribution < 1.29 is 9.90 Å². The van der Waals surface area contributed by atoms with Crippen LogP contribution in [0.2, 0.25) is 0 Å². The number of phenolic OH excluding ortho intramolecular Hbond substituents is 1. The fourth-order valence-electron chi connectivity index (χ4n) is 1.34. The molecule has 4 nitrogen and oxygen atoms in total. The van der Waals surface area contributed by atoms with Gasteiger partial charge in [-0.15, -0.1) is 0 Å². The van der Waals surface area contributed by atoms with Gasteiger partial charge in [-0.1, -0.05) is 19.9 Å². The third-order valence-electron chi connectivity index (χ3n) is 2.31. The summed E-state index contributed by atoms with van der Waals surface area (Å²) in [5.74, 6) is 0.477. The van der Waals surface area contributed by atoms with Crippen molar-refractivity contribution in [3.63, 3.8) is 0 Å². The zero-order valence-corrected chi connectivity index (χ0v) is 10.1. The van der Waals surface area contributed by atoms with Crippen LogP contribution >= 0.6 is 0 Å². The number of nitrogens with one attached hydrogen (secondary N) is 1. The first-order chi connectivity index (χ1) is 7.41. The van der Waals surface area contributed by atoms with Crippen molar-refractivity contribution >= 4 is 11.7 Å². The number of aromatic hydroxyl groups is 1. The summed E-state index contributed by atoms with van der Waals surface area (Å²) in [6.45, 7) is 4.01. The van der Waals surface area contributed by atoms with E-state index in [1.807, 2.05) is 19.9 Å². The monoisotopic (exact) mass is 222 g/mol. The maximum absolute atomic E-state index is 11.4. The summed E-state index contributed by atoms with van der Waals surface area (Å²) in [4.78, 5) is 12.8. The van der Waals surface area contributed by atoms with Crippen molar-refractivity contribution in [3.8, 4) is 5.75 Å². The number of nitrogens with zero attached hydrogens (tertiary/aromatic N) is 1. The molecule has 1 aromatic rings. The van der Waals surface area contributed by atoms with E-state index in [2.05, 4.69) is 5.32 Å². The lowest BCUT2D eigenvalue weighted by Gasteiger charge is -2.14. The van der Waals surface area contributed by atoms with E-state index in [4.69, 9.17) is 0 Å². The van der Waals surface area contributed by atoms with Crippen molar-refractivity contribution in [2.75, 3.05) is 19.4 Å². The zero-order chi connectivity index (χ0) is 12.3. The minimum absolute atomic E-state index is 0.211. The van der Waals surface area contributed by atoms with E-state index in [-0.39, 0.29) is 17.7 Å². The second kappa shape index (κ2) is 4.88. The molecule has 0 heterocycles. The Labute approximate surface area is 95.9 Å². The summed E-state index contributed by atoms with van der Waals surface area (Å²) in [5, 5.41) is 12.4. The molecular formula is C12H18N2O2. The molecular weight excluding hydrogens is 204 g/mol. The van der Waals surface area contributed by atoms with Gasteiger partial charge in [-0.25, -0.2) is 4.79 Å². The standard InChI is InChI=1S/C12H18N2O2/c1-8(2)10-6-5-9(7-11(10)15)13-12(16)14(3)4/h5-8,15H,1-4H3,(H,13,16). The minimum Gasteiger partial charge on any atom is -0.508 e. The number of hydrogen-bond donors (Lipinski definition) is 2. The minimum atomic E-state index is -0.211. The number of urea groups is 1. The van der Waals surface area contributed by atoms with Crippen LogP contribution in [0.5, 0.6) is 5.75 Å². The number of carbonyl (C=O) groups excluding carboxylic acids is 1. The van der Waals surface area contributed by atoms with E-state index >= 15 is 0 Å². The summed E-state index contributed by atoms with van der Waals surface area (Å²) in [5.41, 5.74) is 1.48. The molecule has 0 bridgehead atoms. The Morgan fingerprint density at radius 3 is 2.44 bits per heavy atom. The molecule has 0 saturated carbocycles. The smallest absolute Gasteiger partial charge is 0.321 e. The van der Waals surface area contributed by atoms with E-state index in [9.17, 15) is 9.90 Å². The molecule has 16 heavy (non-hydrogen) atoms. The first-order valence-electron chi connectivity index (χ1n) is 5.23. The van der Waals surface area contributed by atoms with Gasteiger partial charge in [-0.05, 0) is 17.5 Å². The fourth-order valence-corrected chi connectivity index (χ4v) is 1.34. The van der Waals surface area contributed by atoms with Gasteiger partial charge in [-0.3, -0.25) is 0 Å². The highest BCUT2D eigenvalue weighted by Gasteiger charge is 2.08. The predicted octanol–water partition coefficient (Wildman–Crippen LogP) is 2.61. The highest BCUT2D eigenvalue weighted by Crippen LogP contribution is 2.28. The van der Waals surface area contributed by atoms with Crippen LogP contribution in [0.3, 0.4) is 0 Å². The van der Waals surface area contributed by atoms with E-state index in [1.165, 1.54) is 4.90 Å². The molecule has 0 fully saturated rings. The Bertz CT molecular complexity index is 387. The quantitative estimate of drug-likeness (QED) is 0.808. The van der Waals surface area contributed by atoms with Crippen molar-refractivity contribution in [3.05, 3.63) is 23.8 Å². The number of carbonyl (C=O) groups is 1. The average Bonchev–Trinajstić information content (AvgIpc) is 2.16. The molecule has 0 spiro atoms. The topological polar surface area (TPSA) is 52.6 Å². The Balaban J connectivity index is 2.85. The lowest BCUT2D eigenvalue weighted by molar-refractivity contribution is 0.230. The lowest BCUT2D eigenvalue weighted by atomic mass is 10.0. The van der Waals surface area contributed by atoms with Crippen molar-refractivity contribution in [1.29, 1.82) is 0 Å². The van der Waals surface area contributed by atoms with Gasteiger partial charge in [0, 0.05) is 25.8 Å².